The quantitative estimate of drug-likeness (QED) is 0.250. The fourth-order valence-electron chi connectivity index (χ4n) is 3.00. The van der Waals surface area contributed by atoms with E-state index in [1.807, 2.05) is 45.0 Å². The van der Waals surface area contributed by atoms with Gasteiger partial charge in [-0.3, -0.25) is 10.0 Å². The van der Waals surface area contributed by atoms with Crippen molar-refractivity contribution >= 4 is 23.1 Å². The van der Waals surface area contributed by atoms with Crippen LogP contribution in [-0.2, 0) is 6.61 Å². The van der Waals surface area contributed by atoms with Crippen LogP contribution in [0.3, 0.4) is 0 Å². The van der Waals surface area contributed by atoms with E-state index in [1.165, 1.54) is 7.05 Å². The van der Waals surface area contributed by atoms with Crippen LogP contribution in [0.5, 0.6) is 11.5 Å². The topological polar surface area (TPSA) is 132 Å². The highest BCUT2D eigenvalue weighted by atomic mass is 16.5. The summed E-state index contributed by atoms with van der Waals surface area (Å²) in [6.45, 7) is 6.28. The molecular formula is C23H32N6O3. The summed E-state index contributed by atoms with van der Waals surface area (Å²) in [5.74, 6) is 12.8. The van der Waals surface area contributed by atoms with E-state index < -0.39 is 6.03 Å². The number of carbonyl (C=O) groups is 1. The first-order valence-corrected chi connectivity index (χ1v) is 10.2. The molecule has 2 rings (SSSR count). The predicted molar refractivity (Wildman–Crippen MR) is 128 cm³/mol. The summed E-state index contributed by atoms with van der Waals surface area (Å²) in [6, 6.07) is 10.4. The Kier molecular flexibility index (Phi) is 8.62. The van der Waals surface area contributed by atoms with Crippen LogP contribution in [0, 0.1) is 6.92 Å². The molecule has 9 heteroatoms. The summed E-state index contributed by atoms with van der Waals surface area (Å²) >= 11 is 0. The Morgan fingerprint density at radius 3 is 2.47 bits per heavy atom. The fourth-order valence-corrected chi connectivity index (χ4v) is 3.00. The van der Waals surface area contributed by atoms with Crippen molar-refractivity contribution in [3.63, 3.8) is 0 Å². The average molecular weight is 441 g/mol. The lowest BCUT2D eigenvalue weighted by molar-refractivity contribution is 0.216. The Balaban J connectivity index is 2.33. The molecule has 0 aromatic heterocycles. The molecule has 0 aliphatic heterocycles. The number of hydrogen-bond acceptors (Lipinski definition) is 7. The summed E-state index contributed by atoms with van der Waals surface area (Å²) in [5, 5.41) is 1.88. The first kappa shape index (κ1) is 24.7. The molecule has 0 saturated carbocycles. The largest absolute Gasteiger partial charge is 0.493 e. The molecule has 0 radical (unpaired) electrons. The maximum atomic E-state index is 12.3. The van der Waals surface area contributed by atoms with Crippen molar-refractivity contribution in [2.24, 2.45) is 22.4 Å². The molecule has 0 bridgehead atoms. The molecule has 0 atom stereocenters. The summed E-state index contributed by atoms with van der Waals surface area (Å²) < 4.78 is 11.8. The van der Waals surface area contributed by atoms with Crippen molar-refractivity contribution in [3.8, 4) is 11.5 Å². The van der Waals surface area contributed by atoms with Crippen LogP contribution in [0.4, 0.5) is 10.5 Å². The number of ether oxygens (including phenoxy) is 2. The van der Waals surface area contributed by atoms with Gasteiger partial charge in [0.05, 0.1) is 17.9 Å². The number of rotatable bonds is 8. The normalized spacial score (nSPS) is 11.8. The van der Waals surface area contributed by atoms with E-state index in [0.29, 0.717) is 35.1 Å². The molecule has 0 heterocycles. The zero-order chi connectivity index (χ0) is 23.8. The smallest absolute Gasteiger partial charge is 0.352 e. The highest BCUT2D eigenvalue weighted by Gasteiger charge is 2.21. The first-order valence-electron chi connectivity index (χ1n) is 10.2. The van der Waals surface area contributed by atoms with E-state index in [2.05, 4.69) is 4.99 Å². The molecule has 0 spiro atoms. The maximum absolute atomic E-state index is 12.3. The molecule has 0 aliphatic rings. The van der Waals surface area contributed by atoms with Gasteiger partial charge in [-0.1, -0.05) is 6.07 Å². The van der Waals surface area contributed by atoms with Gasteiger partial charge >= 0.3 is 6.03 Å². The number of aliphatic imine (C=N–C) groups is 1. The molecule has 9 nitrogen and oxygen atoms in total. The van der Waals surface area contributed by atoms with E-state index in [9.17, 15) is 4.79 Å². The minimum Gasteiger partial charge on any atom is -0.493 e. The van der Waals surface area contributed by atoms with Crippen molar-refractivity contribution in [1.29, 1.82) is 0 Å². The third-order valence-corrected chi connectivity index (χ3v) is 4.77. The number of anilines is 1. The molecule has 2 aromatic rings. The van der Waals surface area contributed by atoms with Gasteiger partial charge in [0, 0.05) is 25.5 Å². The lowest BCUT2D eigenvalue weighted by Crippen LogP contribution is -2.49. The van der Waals surface area contributed by atoms with E-state index in [4.69, 9.17) is 26.9 Å². The number of amides is 2. The van der Waals surface area contributed by atoms with Gasteiger partial charge in [0.25, 0.3) is 0 Å². The summed E-state index contributed by atoms with van der Waals surface area (Å²) in [5.41, 5.74) is 10.5. The van der Waals surface area contributed by atoms with Crippen molar-refractivity contribution in [2.45, 2.75) is 27.4 Å². The molecular weight excluding hydrogens is 408 g/mol. The molecule has 0 fully saturated rings. The average Bonchev–Trinajstić information content (AvgIpc) is 2.77. The second-order valence-electron chi connectivity index (χ2n) is 7.18. The van der Waals surface area contributed by atoms with Crippen LogP contribution >= 0.6 is 0 Å². The minimum atomic E-state index is -0.575. The first-order chi connectivity index (χ1) is 15.2. The van der Waals surface area contributed by atoms with Crippen molar-refractivity contribution in [3.05, 3.63) is 59.2 Å². The molecule has 0 aliphatic carbocycles. The molecule has 6 N–H and O–H groups in total. The Morgan fingerprint density at radius 1 is 1.16 bits per heavy atom. The zero-order valence-electron chi connectivity index (χ0n) is 19.3. The second kappa shape index (κ2) is 11.2. The summed E-state index contributed by atoms with van der Waals surface area (Å²) in [7, 11) is 3.14. The van der Waals surface area contributed by atoms with Crippen molar-refractivity contribution in [2.75, 3.05) is 25.7 Å². The van der Waals surface area contributed by atoms with Crippen LogP contribution in [0.1, 0.15) is 30.5 Å². The molecule has 172 valence electrons. The number of hydrazine groups is 2. The molecule has 2 amide bonds. The van der Waals surface area contributed by atoms with Crippen LogP contribution in [0.2, 0.25) is 0 Å². The maximum Gasteiger partial charge on any atom is 0.352 e. The molecule has 2 aromatic carbocycles. The Labute approximate surface area is 189 Å². The summed E-state index contributed by atoms with van der Waals surface area (Å²) in [4.78, 5) is 16.4. The van der Waals surface area contributed by atoms with E-state index in [0.717, 1.165) is 26.9 Å². The van der Waals surface area contributed by atoms with Gasteiger partial charge in [-0.05, 0) is 68.3 Å². The number of nitrogens with zero attached hydrogens (tertiary/aromatic N) is 3. The van der Waals surface area contributed by atoms with Crippen LogP contribution in [0.25, 0.3) is 5.70 Å². The predicted octanol–water partition coefficient (Wildman–Crippen LogP) is 2.97. The molecule has 0 saturated heterocycles. The third-order valence-electron chi connectivity index (χ3n) is 4.77. The van der Waals surface area contributed by atoms with Crippen molar-refractivity contribution < 1.29 is 14.3 Å². The number of nitrogens with two attached hydrogens (primary N) is 3. The van der Waals surface area contributed by atoms with E-state index in [1.54, 1.807) is 25.2 Å². The Morgan fingerprint density at radius 2 is 1.88 bits per heavy atom. The minimum absolute atomic E-state index is 0.133. The van der Waals surface area contributed by atoms with Gasteiger partial charge in [0.2, 0.25) is 0 Å². The van der Waals surface area contributed by atoms with Gasteiger partial charge in [0.1, 0.15) is 18.1 Å². The Hall–Kier alpha value is -3.56. The zero-order valence-corrected chi connectivity index (χ0v) is 19.3. The van der Waals surface area contributed by atoms with Crippen LogP contribution < -0.4 is 31.9 Å². The van der Waals surface area contributed by atoms with Gasteiger partial charge in [-0.15, -0.1) is 0 Å². The monoisotopic (exact) mass is 440 g/mol. The van der Waals surface area contributed by atoms with Gasteiger partial charge in [-0.2, -0.15) is 0 Å². The summed E-state index contributed by atoms with van der Waals surface area (Å²) in [6.07, 6.45) is 1.82. The molecule has 32 heavy (non-hydrogen) atoms. The third kappa shape index (κ3) is 5.99. The van der Waals surface area contributed by atoms with Crippen molar-refractivity contribution in [1.82, 2.24) is 5.01 Å². The molecule has 0 unspecified atom stereocenters. The number of allylic oxidation sites excluding steroid dienone is 1. The van der Waals surface area contributed by atoms with Crippen LogP contribution in [0.15, 0.2) is 47.5 Å². The fraction of sp³-hybridized carbons (Fsp3) is 0.304. The van der Waals surface area contributed by atoms with Crippen LogP contribution in [-0.4, -0.2) is 37.5 Å². The van der Waals surface area contributed by atoms with Gasteiger partial charge in [0.15, 0.2) is 0 Å². The highest BCUT2D eigenvalue weighted by Crippen LogP contribution is 2.31. The number of hydrogen-bond donors (Lipinski definition) is 3. The highest BCUT2D eigenvalue weighted by molar-refractivity contribution is 5.98. The van der Waals surface area contributed by atoms with E-state index >= 15 is 0 Å². The lowest BCUT2D eigenvalue weighted by atomic mass is 10.1. The van der Waals surface area contributed by atoms with E-state index in [-0.39, 0.29) is 6.61 Å². The second-order valence-corrected chi connectivity index (χ2v) is 7.18. The number of carbonyl (C=O) groups excluding carboxylic acids is 1. The SMILES string of the molecule is CCOc1cccc(N(N)C(=O)N(C)N)c1COc1ccc(C(N)=CC(C)=NC)cc1C. The Bertz CT molecular complexity index is 1020. The standard InChI is InChI=1S/C23H32N6O3/c1-6-31-22-9-7-8-20(29(26)23(30)28(5)25)18(22)14-32-21-11-10-17(12-15(21)2)19(24)13-16(3)27-4/h7-13H,6,14,24-26H2,1-5H3. The lowest BCUT2D eigenvalue weighted by Gasteiger charge is -2.24. The number of benzene rings is 2. The van der Waals surface area contributed by atoms with Gasteiger partial charge in [-0.25, -0.2) is 21.5 Å². The van der Waals surface area contributed by atoms with Gasteiger partial charge < -0.3 is 15.2 Å². The number of urea groups is 1. The number of aryl methyl sites for hydroxylation is 1.